The average Bonchev–Trinajstić information content (AvgIpc) is 2.52. The average molecular weight is 328 g/mol. The Kier molecular flexibility index (Phi) is 5.71. The van der Waals surface area contributed by atoms with Crippen molar-refractivity contribution in [1.82, 2.24) is 5.32 Å². The molecular formula is C12H16N4O3S2. The number of nitro benzene ring substituents is 1. The van der Waals surface area contributed by atoms with Crippen molar-refractivity contribution in [1.29, 1.82) is 0 Å². The van der Waals surface area contributed by atoms with Gasteiger partial charge in [-0.25, -0.2) is 0 Å². The molecule has 0 saturated carbocycles. The number of rotatable bonds is 5. The number of nitrogens with one attached hydrogen (secondary N) is 2. The number of hydrogen-bond donors (Lipinski definition) is 3. The number of benzene rings is 1. The van der Waals surface area contributed by atoms with Crippen molar-refractivity contribution in [3.63, 3.8) is 0 Å². The molecule has 9 heteroatoms. The van der Waals surface area contributed by atoms with E-state index in [1.165, 1.54) is 18.2 Å². The van der Waals surface area contributed by atoms with Gasteiger partial charge in [0.25, 0.3) is 11.6 Å². The van der Waals surface area contributed by atoms with Crippen molar-refractivity contribution in [2.75, 3.05) is 29.2 Å². The molecule has 1 amide bonds. The minimum atomic E-state index is -0.537. The molecule has 1 saturated heterocycles. The molecule has 2 rings (SSSR count). The van der Waals surface area contributed by atoms with Gasteiger partial charge in [-0.1, -0.05) is 0 Å². The van der Waals surface area contributed by atoms with Gasteiger partial charge in [-0.15, -0.1) is 0 Å². The lowest BCUT2D eigenvalue weighted by Crippen LogP contribution is -2.34. The van der Waals surface area contributed by atoms with Crippen LogP contribution in [0.4, 0.5) is 11.4 Å². The van der Waals surface area contributed by atoms with Gasteiger partial charge in [-0.2, -0.15) is 23.5 Å². The summed E-state index contributed by atoms with van der Waals surface area (Å²) in [6.45, 7) is 0.545. The highest BCUT2D eigenvalue weighted by Crippen LogP contribution is 2.24. The molecule has 0 spiro atoms. The summed E-state index contributed by atoms with van der Waals surface area (Å²) in [4.78, 5) is 22.5. The summed E-state index contributed by atoms with van der Waals surface area (Å²) in [5.41, 5.74) is 2.80. The lowest BCUT2D eigenvalue weighted by atomic mass is 10.1. The predicted molar refractivity (Wildman–Crippen MR) is 86.8 cm³/mol. The monoisotopic (exact) mass is 328 g/mol. The van der Waals surface area contributed by atoms with Gasteiger partial charge in [0.1, 0.15) is 0 Å². The number of nitro groups is 1. The van der Waals surface area contributed by atoms with E-state index in [0.717, 1.165) is 17.3 Å². The van der Waals surface area contributed by atoms with Crippen LogP contribution in [0.1, 0.15) is 10.4 Å². The first-order valence-corrected chi connectivity index (χ1v) is 8.54. The second-order valence-corrected chi connectivity index (χ2v) is 6.97. The first-order valence-electron chi connectivity index (χ1n) is 6.34. The maximum atomic E-state index is 12.2. The number of nitrogens with zero attached hydrogens (tertiary/aromatic N) is 1. The minimum absolute atomic E-state index is 0.137. The van der Waals surface area contributed by atoms with E-state index in [9.17, 15) is 14.9 Å². The number of non-ortho nitro benzene ring substituents is 1. The highest BCUT2D eigenvalue weighted by molar-refractivity contribution is 8.06. The number of hydrogen-bond acceptors (Lipinski definition) is 7. The zero-order valence-electron chi connectivity index (χ0n) is 11.2. The van der Waals surface area contributed by atoms with Crippen molar-refractivity contribution < 1.29 is 9.72 Å². The Bertz CT molecular complexity index is 535. The molecule has 114 valence electrons. The van der Waals surface area contributed by atoms with Gasteiger partial charge in [0.2, 0.25) is 0 Å². The molecule has 0 radical (unpaired) electrons. The Morgan fingerprint density at radius 1 is 1.48 bits per heavy atom. The number of nitrogens with two attached hydrogens (primary N) is 1. The number of carbonyl (C=O) groups is 1. The molecule has 0 aliphatic carbocycles. The van der Waals surface area contributed by atoms with Gasteiger partial charge in [0.15, 0.2) is 0 Å². The molecular weight excluding hydrogens is 312 g/mol. The Balaban J connectivity index is 2.06. The molecule has 1 aliphatic heterocycles. The Hall–Kier alpha value is -1.45. The lowest BCUT2D eigenvalue weighted by molar-refractivity contribution is -0.384. The Morgan fingerprint density at radius 3 is 2.90 bits per heavy atom. The van der Waals surface area contributed by atoms with Gasteiger partial charge < -0.3 is 10.7 Å². The van der Waals surface area contributed by atoms with E-state index in [1.54, 1.807) is 0 Å². The Labute approximate surface area is 130 Å². The van der Waals surface area contributed by atoms with Crippen LogP contribution in [0.15, 0.2) is 18.2 Å². The van der Waals surface area contributed by atoms with Crippen molar-refractivity contribution >= 4 is 40.8 Å². The number of thioether (sulfide) groups is 2. The number of amides is 1. The van der Waals surface area contributed by atoms with Crippen LogP contribution in [-0.4, -0.2) is 39.9 Å². The molecule has 1 fully saturated rings. The lowest BCUT2D eigenvalue weighted by Gasteiger charge is -2.21. The SMILES string of the molecule is NNc1ccc([N+](=O)[O-])cc1C(=O)NCC1CSCCS1. The standard InChI is InChI=1S/C12H16N4O3S2/c13-15-11-2-1-8(16(18)19)5-10(11)12(17)14-6-9-7-20-3-4-21-9/h1-2,5,9,15H,3-4,6-7,13H2,(H,14,17). The normalized spacial score (nSPS) is 18.0. The summed E-state index contributed by atoms with van der Waals surface area (Å²) in [6, 6.07) is 3.96. The molecule has 1 heterocycles. The fourth-order valence-electron chi connectivity index (χ4n) is 1.92. The number of carbonyl (C=O) groups excluding carboxylic acids is 1. The first-order chi connectivity index (χ1) is 10.1. The van der Waals surface area contributed by atoms with Gasteiger partial charge >= 0.3 is 0 Å². The topological polar surface area (TPSA) is 110 Å². The smallest absolute Gasteiger partial charge is 0.270 e. The molecule has 21 heavy (non-hydrogen) atoms. The van der Waals surface area contributed by atoms with E-state index in [-0.39, 0.29) is 17.2 Å². The van der Waals surface area contributed by atoms with Crippen LogP contribution in [0.2, 0.25) is 0 Å². The zero-order valence-corrected chi connectivity index (χ0v) is 12.8. The van der Waals surface area contributed by atoms with E-state index in [4.69, 9.17) is 5.84 Å². The van der Waals surface area contributed by atoms with Crippen LogP contribution in [0.25, 0.3) is 0 Å². The van der Waals surface area contributed by atoms with Crippen LogP contribution in [-0.2, 0) is 0 Å². The van der Waals surface area contributed by atoms with Crippen molar-refractivity contribution in [3.8, 4) is 0 Å². The molecule has 0 bridgehead atoms. The third-order valence-corrected chi connectivity index (χ3v) is 5.83. The highest BCUT2D eigenvalue weighted by Gasteiger charge is 2.19. The molecule has 1 aromatic rings. The van der Waals surface area contributed by atoms with E-state index in [2.05, 4.69) is 10.7 Å². The molecule has 7 nitrogen and oxygen atoms in total. The van der Waals surface area contributed by atoms with Crippen LogP contribution in [0.3, 0.4) is 0 Å². The van der Waals surface area contributed by atoms with Gasteiger partial charge in [-0.3, -0.25) is 20.8 Å². The summed E-state index contributed by atoms with van der Waals surface area (Å²) in [5, 5.41) is 14.0. The van der Waals surface area contributed by atoms with Gasteiger partial charge in [0, 0.05) is 41.2 Å². The zero-order chi connectivity index (χ0) is 15.2. The second-order valence-electron chi connectivity index (χ2n) is 4.41. The highest BCUT2D eigenvalue weighted by atomic mass is 32.2. The quantitative estimate of drug-likeness (QED) is 0.426. The largest absolute Gasteiger partial charge is 0.351 e. The maximum absolute atomic E-state index is 12.2. The molecule has 1 atom stereocenters. The summed E-state index contributed by atoms with van der Waals surface area (Å²) in [7, 11) is 0. The fourth-order valence-corrected chi connectivity index (χ4v) is 4.53. The maximum Gasteiger partial charge on any atom is 0.270 e. The molecule has 1 unspecified atom stereocenters. The minimum Gasteiger partial charge on any atom is -0.351 e. The van der Waals surface area contributed by atoms with E-state index in [1.807, 2.05) is 23.5 Å². The fraction of sp³-hybridized carbons (Fsp3) is 0.417. The van der Waals surface area contributed by atoms with Crippen LogP contribution in [0, 0.1) is 10.1 Å². The molecule has 4 N–H and O–H groups in total. The first kappa shape index (κ1) is 15.9. The second kappa shape index (κ2) is 7.53. The predicted octanol–water partition coefficient (Wildman–Crippen LogP) is 1.46. The summed E-state index contributed by atoms with van der Waals surface area (Å²) < 4.78 is 0. The third-order valence-electron chi connectivity index (χ3n) is 2.99. The van der Waals surface area contributed by atoms with Crippen molar-refractivity contribution in [2.24, 2.45) is 5.84 Å². The van der Waals surface area contributed by atoms with E-state index < -0.39 is 4.92 Å². The van der Waals surface area contributed by atoms with Crippen LogP contribution in [0.5, 0.6) is 0 Å². The number of hydrazine groups is 1. The van der Waals surface area contributed by atoms with Crippen LogP contribution < -0.4 is 16.6 Å². The number of nitrogen functional groups attached to an aromatic ring is 1. The number of anilines is 1. The molecule has 1 aromatic carbocycles. The summed E-state index contributed by atoms with van der Waals surface area (Å²) in [6.07, 6.45) is 0. The van der Waals surface area contributed by atoms with Gasteiger partial charge in [-0.05, 0) is 6.07 Å². The Morgan fingerprint density at radius 2 is 2.29 bits per heavy atom. The van der Waals surface area contributed by atoms with Crippen molar-refractivity contribution in [3.05, 3.63) is 33.9 Å². The van der Waals surface area contributed by atoms with E-state index in [0.29, 0.717) is 17.5 Å². The molecule has 1 aliphatic rings. The van der Waals surface area contributed by atoms with E-state index >= 15 is 0 Å². The third kappa shape index (κ3) is 4.26. The molecule has 0 aromatic heterocycles. The van der Waals surface area contributed by atoms with Crippen molar-refractivity contribution in [2.45, 2.75) is 5.25 Å². The summed E-state index contributed by atoms with van der Waals surface area (Å²) >= 11 is 3.70. The summed E-state index contributed by atoms with van der Waals surface area (Å²) in [5.74, 6) is 8.21. The van der Waals surface area contributed by atoms with Crippen LogP contribution >= 0.6 is 23.5 Å². The van der Waals surface area contributed by atoms with Gasteiger partial charge in [0.05, 0.1) is 16.2 Å².